The van der Waals surface area contributed by atoms with E-state index in [4.69, 9.17) is 52.1 Å². The lowest BCUT2D eigenvalue weighted by atomic mass is 10.1. The van der Waals surface area contributed by atoms with Gasteiger partial charge in [0.15, 0.2) is 0 Å². The van der Waals surface area contributed by atoms with Crippen LogP contribution in [0, 0.1) is 0 Å². The number of amides is 1. The molecule has 0 aliphatic carbocycles. The number of ether oxygens (including phenoxy) is 11. The highest BCUT2D eigenvalue weighted by atomic mass is 16.6. The maximum Gasteiger partial charge on any atom is 0.407 e. The lowest BCUT2D eigenvalue weighted by Crippen LogP contribution is -2.34. The Balaban J connectivity index is 3.09. The summed E-state index contributed by atoms with van der Waals surface area (Å²) in [7, 11) is 0. The molecule has 0 bridgehead atoms. The molecule has 0 aromatic heterocycles. The second-order valence-electron chi connectivity index (χ2n) is 12.0. The van der Waals surface area contributed by atoms with E-state index in [0.717, 1.165) is 13.0 Å². The van der Waals surface area contributed by atoms with Crippen LogP contribution in [0.5, 0.6) is 0 Å². The molecule has 0 rings (SSSR count). The fraction of sp³-hybridized carbons (Fsp3) is 0.971. The Kier molecular flexibility index (Phi) is 37.8. The number of nitrogens with one attached hydrogen (secondary N) is 1. The molecule has 0 saturated carbocycles. The Morgan fingerprint density at radius 3 is 0.979 bits per heavy atom. The second-order valence-corrected chi connectivity index (χ2v) is 12.0. The average molecular weight is 698 g/mol. The van der Waals surface area contributed by atoms with Gasteiger partial charge in [-0.2, -0.15) is 0 Å². The third-order valence-corrected chi connectivity index (χ3v) is 6.40. The predicted octanol–water partition coefficient (Wildman–Crippen LogP) is 4.82. The summed E-state index contributed by atoms with van der Waals surface area (Å²) in [5.41, 5.74) is -0.508. The van der Waals surface area contributed by atoms with E-state index in [1.807, 2.05) is 20.8 Å². The molecule has 13 nitrogen and oxygen atoms in total. The monoisotopic (exact) mass is 697 g/mol. The molecule has 1 N–H and O–H groups in total. The van der Waals surface area contributed by atoms with Gasteiger partial charge in [0.25, 0.3) is 0 Å². The van der Waals surface area contributed by atoms with Crippen LogP contribution < -0.4 is 5.32 Å². The molecule has 0 saturated heterocycles. The number of carbonyl (C=O) groups excluding carboxylic acids is 1. The predicted molar refractivity (Wildman–Crippen MR) is 185 cm³/mol. The summed E-state index contributed by atoms with van der Waals surface area (Å²) in [4.78, 5) is 11.5. The highest BCUT2D eigenvalue weighted by Crippen LogP contribution is 2.08. The summed E-state index contributed by atoms with van der Waals surface area (Å²) in [6.45, 7) is 18.7. The zero-order valence-corrected chi connectivity index (χ0v) is 30.9. The third-order valence-electron chi connectivity index (χ3n) is 6.40. The van der Waals surface area contributed by atoms with Crippen LogP contribution in [0.3, 0.4) is 0 Å². The van der Waals surface area contributed by atoms with Gasteiger partial charge >= 0.3 is 6.09 Å². The summed E-state index contributed by atoms with van der Waals surface area (Å²) in [5.74, 6) is 0. The zero-order valence-electron chi connectivity index (χ0n) is 30.9. The van der Waals surface area contributed by atoms with Crippen molar-refractivity contribution in [2.24, 2.45) is 0 Å². The number of rotatable bonds is 39. The van der Waals surface area contributed by atoms with Gasteiger partial charge in [-0.15, -0.1) is 0 Å². The number of hydrogen-bond donors (Lipinski definition) is 1. The number of carbonyl (C=O) groups is 1. The molecule has 0 heterocycles. The van der Waals surface area contributed by atoms with Gasteiger partial charge in [-0.05, 0) is 27.2 Å². The smallest absolute Gasteiger partial charge is 0.407 e. The molecule has 0 aromatic carbocycles. The van der Waals surface area contributed by atoms with Crippen LogP contribution in [0.4, 0.5) is 4.79 Å². The minimum atomic E-state index is -0.508. The molecule has 0 radical (unpaired) electrons. The van der Waals surface area contributed by atoms with Crippen LogP contribution >= 0.6 is 0 Å². The first-order valence-corrected chi connectivity index (χ1v) is 18.2. The lowest BCUT2D eigenvalue weighted by Gasteiger charge is -2.19. The molecule has 0 atom stereocenters. The van der Waals surface area contributed by atoms with Gasteiger partial charge in [0.05, 0.1) is 126 Å². The highest BCUT2D eigenvalue weighted by Gasteiger charge is 2.15. The fourth-order valence-corrected chi connectivity index (χ4v) is 3.96. The summed E-state index contributed by atoms with van der Waals surface area (Å²) in [6, 6.07) is 0. The summed E-state index contributed by atoms with van der Waals surface area (Å²) < 4.78 is 60.1. The van der Waals surface area contributed by atoms with E-state index in [1.165, 1.54) is 44.9 Å². The third kappa shape index (κ3) is 42.9. The number of unbranched alkanes of at least 4 members (excludes halogenated alkanes) is 7. The van der Waals surface area contributed by atoms with Gasteiger partial charge in [-0.1, -0.05) is 51.9 Å². The molecule has 0 aliphatic heterocycles. The second kappa shape index (κ2) is 38.7. The largest absolute Gasteiger partial charge is 0.444 e. The van der Waals surface area contributed by atoms with Crippen LogP contribution in [0.1, 0.15) is 79.1 Å². The molecule has 0 aromatic rings. The van der Waals surface area contributed by atoms with Gasteiger partial charge in [0.1, 0.15) is 5.60 Å². The van der Waals surface area contributed by atoms with Crippen LogP contribution in [0.15, 0.2) is 0 Å². The normalized spacial score (nSPS) is 11.8. The van der Waals surface area contributed by atoms with Crippen molar-refractivity contribution < 1.29 is 56.9 Å². The molecule has 48 heavy (non-hydrogen) atoms. The molecular weight excluding hydrogens is 626 g/mol. The van der Waals surface area contributed by atoms with Crippen molar-refractivity contribution in [1.82, 2.24) is 5.32 Å². The number of hydrogen-bond acceptors (Lipinski definition) is 12. The molecule has 0 fully saturated rings. The van der Waals surface area contributed by atoms with Gasteiger partial charge in [-0.25, -0.2) is 4.79 Å². The number of alkyl carbamates (subject to hydrolysis) is 1. The van der Waals surface area contributed by atoms with Gasteiger partial charge in [-0.3, -0.25) is 0 Å². The van der Waals surface area contributed by atoms with E-state index in [1.54, 1.807) is 0 Å². The van der Waals surface area contributed by atoms with Gasteiger partial charge < -0.3 is 57.4 Å². The van der Waals surface area contributed by atoms with Gasteiger partial charge in [0.2, 0.25) is 0 Å². The molecular formula is C35H71NO12. The Morgan fingerprint density at radius 1 is 0.396 bits per heavy atom. The molecule has 0 spiro atoms. The Hall–Kier alpha value is -1.13. The van der Waals surface area contributed by atoms with Crippen LogP contribution in [0.2, 0.25) is 0 Å². The van der Waals surface area contributed by atoms with E-state index < -0.39 is 11.7 Å². The van der Waals surface area contributed by atoms with Crippen molar-refractivity contribution in [3.05, 3.63) is 0 Å². The summed E-state index contributed by atoms with van der Waals surface area (Å²) >= 11 is 0. The topological polar surface area (TPSA) is 131 Å². The van der Waals surface area contributed by atoms with Crippen molar-refractivity contribution >= 4 is 6.09 Å². The van der Waals surface area contributed by atoms with Crippen molar-refractivity contribution in [3.63, 3.8) is 0 Å². The minimum absolute atomic E-state index is 0.386. The highest BCUT2D eigenvalue weighted by molar-refractivity contribution is 5.67. The van der Waals surface area contributed by atoms with E-state index in [9.17, 15) is 4.79 Å². The maximum atomic E-state index is 11.5. The van der Waals surface area contributed by atoms with E-state index in [0.29, 0.717) is 132 Å². The minimum Gasteiger partial charge on any atom is -0.444 e. The first kappa shape index (κ1) is 46.9. The summed E-state index contributed by atoms with van der Waals surface area (Å²) in [6.07, 6.45) is 10.1. The van der Waals surface area contributed by atoms with Crippen molar-refractivity contribution in [2.75, 3.05) is 139 Å². The van der Waals surface area contributed by atoms with Crippen molar-refractivity contribution in [2.45, 2.75) is 84.7 Å². The van der Waals surface area contributed by atoms with Crippen LogP contribution in [0.25, 0.3) is 0 Å². The Morgan fingerprint density at radius 2 is 0.667 bits per heavy atom. The average Bonchev–Trinajstić information content (AvgIpc) is 3.05. The molecule has 1 amide bonds. The standard InChI is InChI=1S/C35H71NO12/c1-5-6-7-8-9-10-11-12-14-38-16-18-40-20-22-42-24-26-44-28-30-46-32-33-47-31-29-45-27-25-43-23-21-41-19-17-39-15-13-36-34(37)48-35(2,3)4/h5-33H2,1-4H3,(H,36,37). The Labute approximate surface area is 291 Å². The molecule has 13 heteroatoms. The van der Waals surface area contributed by atoms with E-state index in [-0.39, 0.29) is 0 Å². The maximum absolute atomic E-state index is 11.5. The van der Waals surface area contributed by atoms with Crippen LogP contribution in [-0.2, 0) is 52.1 Å². The van der Waals surface area contributed by atoms with Gasteiger partial charge in [0, 0.05) is 13.2 Å². The van der Waals surface area contributed by atoms with Crippen molar-refractivity contribution in [3.8, 4) is 0 Å². The van der Waals surface area contributed by atoms with E-state index >= 15 is 0 Å². The summed E-state index contributed by atoms with van der Waals surface area (Å²) in [5, 5.41) is 2.63. The van der Waals surface area contributed by atoms with Crippen LogP contribution in [-0.4, -0.2) is 150 Å². The fourth-order valence-electron chi connectivity index (χ4n) is 3.96. The molecule has 0 aliphatic rings. The first-order chi connectivity index (χ1) is 23.5. The van der Waals surface area contributed by atoms with Crippen molar-refractivity contribution in [1.29, 1.82) is 0 Å². The first-order valence-electron chi connectivity index (χ1n) is 18.2. The quantitative estimate of drug-likeness (QED) is 0.0885. The van der Waals surface area contributed by atoms with E-state index in [2.05, 4.69) is 12.2 Å². The Bertz CT molecular complexity index is 639. The SMILES string of the molecule is CCCCCCCCCCOCCOCCOCCOCCOCCOCCOCCOCCOCCOCCNC(=O)OC(C)(C)C. The molecule has 288 valence electrons. The lowest BCUT2D eigenvalue weighted by molar-refractivity contribution is -0.0264. The zero-order chi connectivity index (χ0) is 35.1. The molecule has 0 unspecified atom stereocenters.